The average Bonchev–Trinajstić information content (AvgIpc) is 2.41. The number of nitrogens with zero attached hydrogens (tertiary/aromatic N) is 3. The van der Waals surface area contributed by atoms with E-state index in [1.807, 2.05) is 0 Å². The zero-order valence-corrected chi connectivity index (χ0v) is 11.3. The number of ether oxygens (including phenoxy) is 1. The van der Waals surface area contributed by atoms with Crippen molar-refractivity contribution in [2.24, 2.45) is 0 Å². The second-order valence-electron chi connectivity index (χ2n) is 3.49. The van der Waals surface area contributed by atoms with Gasteiger partial charge in [0.2, 0.25) is 11.6 Å². The van der Waals surface area contributed by atoms with Gasteiger partial charge in [0.05, 0.1) is 21.8 Å². The molecule has 1 N–H and O–H groups in total. The molecule has 1 heterocycles. The molecule has 0 aliphatic carbocycles. The summed E-state index contributed by atoms with van der Waals surface area (Å²) in [6.07, 6.45) is 2.08. The van der Waals surface area contributed by atoms with E-state index >= 15 is 0 Å². The summed E-state index contributed by atoms with van der Waals surface area (Å²) in [5.74, 6) is -1.31. The van der Waals surface area contributed by atoms with Gasteiger partial charge in [-0.1, -0.05) is 6.07 Å². The minimum Gasteiger partial charge on any atom is -0.476 e. The van der Waals surface area contributed by atoms with Crippen LogP contribution in [0.2, 0.25) is 0 Å². The van der Waals surface area contributed by atoms with Crippen LogP contribution >= 0.6 is 15.9 Å². The maximum absolute atomic E-state index is 10.9. The fourth-order valence-corrected chi connectivity index (χ4v) is 1.76. The summed E-state index contributed by atoms with van der Waals surface area (Å²) in [4.78, 5) is 28.3. The summed E-state index contributed by atoms with van der Waals surface area (Å²) >= 11 is 3.14. The molecule has 0 fully saturated rings. The Bertz CT molecular complexity index is 674. The molecular formula is C11H6BrN3O5. The van der Waals surface area contributed by atoms with Crippen molar-refractivity contribution in [1.29, 1.82) is 0 Å². The number of nitro benzene ring substituents is 1. The molecule has 0 amide bonds. The summed E-state index contributed by atoms with van der Waals surface area (Å²) in [7, 11) is 0. The number of rotatable bonds is 4. The lowest BCUT2D eigenvalue weighted by atomic mass is 10.3. The third kappa shape index (κ3) is 2.88. The fourth-order valence-electron chi connectivity index (χ4n) is 1.33. The van der Waals surface area contributed by atoms with Gasteiger partial charge in [-0.25, -0.2) is 14.8 Å². The molecule has 102 valence electrons. The number of benzene rings is 1. The van der Waals surface area contributed by atoms with Gasteiger partial charge in [-0.15, -0.1) is 0 Å². The van der Waals surface area contributed by atoms with Crippen LogP contribution in [0.5, 0.6) is 11.6 Å². The van der Waals surface area contributed by atoms with Gasteiger partial charge in [0.25, 0.3) is 0 Å². The molecule has 1 aromatic heterocycles. The van der Waals surface area contributed by atoms with Crippen molar-refractivity contribution in [3.05, 3.63) is 50.9 Å². The van der Waals surface area contributed by atoms with E-state index in [9.17, 15) is 14.9 Å². The van der Waals surface area contributed by atoms with E-state index in [2.05, 4.69) is 25.9 Å². The maximum atomic E-state index is 10.9. The van der Waals surface area contributed by atoms with Crippen LogP contribution in [-0.2, 0) is 0 Å². The zero-order valence-electron chi connectivity index (χ0n) is 9.69. The fraction of sp³-hybridized carbons (Fsp3) is 0. The molecule has 0 aliphatic rings. The number of para-hydroxylation sites is 1. The van der Waals surface area contributed by atoms with Crippen LogP contribution in [0.4, 0.5) is 5.69 Å². The van der Waals surface area contributed by atoms with Crippen molar-refractivity contribution in [2.75, 3.05) is 0 Å². The quantitative estimate of drug-likeness (QED) is 0.672. The van der Waals surface area contributed by atoms with Gasteiger partial charge in [0, 0.05) is 6.07 Å². The zero-order chi connectivity index (χ0) is 14.7. The lowest BCUT2D eigenvalue weighted by Crippen LogP contribution is -2.02. The third-order valence-corrected chi connectivity index (χ3v) is 2.82. The highest BCUT2D eigenvalue weighted by Crippen LogP contribution is 2.37. The molecule has 0 aliphatic heterocycles. The van der Waals surface area contributed by atoms with E-state index in [1.165, 1.54) is 12.1 Å². The second kappa shape index (κ2) is 5.61. The predicted molar refractivity (Wildman–Crippen MR) is 69.9 cm³/mol. The van der Waals surface area contributed by atoms with Gasteiger partial charge in [0.15, 0.2) is 5.69 Å². The molecule has 0 saturated carbocycles. The molecule has 2 rings (SSSR count). The van der Waals surface area contributed by atoms with Crippen molar-refractivity contribution in [3.8, 4) is 11.6 Å². The Labute approximate surface area is 120 Å². The van der Waals surface area contributed by atoms with Crippen LogP contribution in [0, 0.1) is 10.1 Å². The van der Waals surface area contributed by atoms with Crippen LogP contribution < -0.4 is 4.74 Å². The lowest BCUT2D eigenvalue weighted by molar-refractivity contribution is -0.385. The van der Waals surface area contributed by atoms with Crippen LogP contribution in [-0.4, -0.2) is 26.0 Å². The van der Waals surface area contributed by atoms with Crippen molar-refractivity contribution in [3.63, 3.8) is 0 Å². The molecule has 0 bridgehead atoms. The van der Waals surface area contributed by atoms with Gasteiger partial charge in [-0.3, -0.25) is 10.1 Å². The first-order valence-electron chi connectivity index (χ1n) is 5.15. The molecule has 0 unspecified atom stereocenters. The number of nitro groups is 1. The Morgan fingerprint density at radius 1 is 1.35 bits per heavy atom. The van der Waals surface area contributed by atoms with E-state index in [-0.39, 0.29) is 23.0 Å². The molecular weight excluding hydrogens is 334 g/mol. The number of halogens is 1. The van der Waals surface area contributed by atoms with E-state index in [4.69, 9.17) is 9.84 Å². The summed E-state index contributed by atoms with van der Waals surface area (Å²) in [6, 6.07) is 4.34. The highest BCUT2D eigenvalue weighted by atomic mass is 79.9. The smallest absolute Gasteiger partial charge is 0.356 e. The summed E-state index contributed by atoms with van der Waals surface area (Å²) < 4.78 is 5.65. The lowest BCUT2D eigenvalue weighted by Gasteiger charge is -2.06. The van der Waals surface area contributed by atoms with Crippen molar-refractivity contribution in [1.82, 2.24) is 9.97 Å². The number of carbonyl (C=O) groups is 1. The molecule has 2 aromatic rings. The molecule has 9 heteroatoms. The van der Waals surface area contributed by atoms with Crippen molar-refractivity contribution >= 4 is 27.6 Å². The van der Waals surface area contributed by atoms with Gasteiger partial charge in [0.1, 0.15) is 0 Å². The monoisotopic (exact) mass is 339 g/mol. The molecule has 20 heavy (non-hydrogen) atoms. The number of hydrogen-bond donors (Lipinski definition) is 1. The van der Waals surface area contributed by atoms with Gasteiger partial charge >= 0.3 is 11.7 Å². The summed E-state index contributed by atoms with van der Waals surface area (Å²) in [5, 5.41) is 19.6. The van der Waals surface area contributed by atoms with E-state index in [1.54, 1.807) is 6.07 Å². The number of aromatic nitrogens is 2. The standard InChI is InChI=1S/C11H6BrN3O5/c12-6-2-1-3-8(15(18)19)10(6)20-9-5-13-7(4-14-9)11(16)17/h1-5H,(H,16,17). The number of carboxylic acid groups (broad SMARTS) is 1. The molecule has 1 aromatic carbocycles. The number of hydrogen-bond acceptors (Lipinski definition) is 6. The highest BCUT2D eigenvalue weighted by Gasteiger charge is 2.19. The van der Waals surface area contributed by atoms with Gasteiger partial charge < -0.3 is 9.84 Å². The highest BCUT2D eigenvalue weighted by molar-refractivity contribution is 9.10. The van der Waals surface area contributed by atoms with Crippen LogP contribution in [0.25, 0.3) is 0 Å². The number of carboxylic acids is 1. The molecule has 0 saturated heterocycles. The predicted octanol–water partition coefficient (Wildman–Crippen LogP) is 2.64. The SMILES string of the molecule is O=C(O)c1cnc(Oc2c(Br)cccc2[N+](=O)[O-])cn1. The average molecular weight is 340 g/mol. The molecule has 0 atom stereocenters. The van der Waals surface area contributed by atoms with Crippen LogP contribution in [0.1, 0.15) is 10.5 Å². The Morgan fingerprint density at radius 2 is 2.10 bits per heavy atom. The normalized spacial score (nSPS) is 10.1. The van der Waals surface area contributed by atoms with E-state index in [0.717, 1.165) is 12.4 Å². The Kier molecular flexibility index (Phi) is 3.89. The van der Waals surface area contributed by atoms with Gasteiger partial charge in [-0.05, 0) is 22.0 Å². The van der Waals surface area contributed by atoms with E-state index in [0.29, 0.717) is 4.47 Å². The van der Waals surface area contributed by atoms with Crippen molar-refractivity contribution < 1.29 is 19.6 Å². The summed E-state index contributed by atoms with van der Waals surface area (Å²) in [5.41, 5.74) is -0.498. The van der Waals surface area contributed by atoms with Crippen LogP contribution in [0.3, 0.4) is 0 Å². The largest absolute Gasteiger partial charge is 0.476 e. The second-order valence-corrected chi connectivity index (χ2v) is 4.35. The van der Waals surface area contributed by atoms with Crippen LogP contribution in [0.15, 0.2) is 35.1 Å². The topological polar surface area (TPSA) is 115 Å². The third-order valence-electron chi connectivity index (χ3n) is 2.20. The minimum atomic E-state index is -1.23. The Balaban J connectivity index is 2.34. The minimum absolute atomic E-state index is 0.0325. The summed E-state index contributed by atoms with van der Waals surface area (Å²) in [6.45, 7) is 0. The number of aromatic carboxylic acids is 1. The van der Waals surface area contributed by atoms with E-state index < -0.39 is 10.9 Å². The first-order chi connectivity index (χ1) is 9.49. The molecule has 0 spiro atoms. The Hall–Kier alpha value is -2.55. The molecule has 0 radical (unpaired) electrons. The maximum Gasteiger partial charge on any atom is 0.356 e. The molecule has 8 nitrogen and oxygen atoms in total. The van der Waals surface area contributed by atoms with Crippen molar-refractivity contribution in [2.45, 2.75) is 0 Å². The Morgan fingerprint density at radius 3 is 2.65 bits per heavy atom. The first kappa shape index (κ1) is 13.9. The first-order valence-corrected chi connectivity index (χ1v) is 5.94. The van der Waals surface area contributed by atoms with Gasteiger partial charge in [-0.2, -0.15) is 0 Å².